The van der Waals surface area contributed by atoms with E-state index in [-0.39, 0.29) is 5.69 Å². The first-order valence-electron chi connectivity index (χ1n) is 5.69. The fraction of sp³-hybridized carbons (Fsp3) is 0.545. The number of primary amides is 1. The zero-order valence-corrected chi connectivity index (χ0v) is 10.7. The zero-order valence-electron chi connectivity index (χ0n) is 10.7. The second-order valence-corrected chi connectivity index (χ2v) is 4.01. The third kappa shape index (κ3) is 5.55. The summed E-state index contributed by atoms with van der Waals surface area (Å²) in [6, 6.07) is 3.19. The molecule has 3 N–H and O–H groups in total. The van der Waals surface area contributed by atoms with Gasteiger partial charge in [-0.2, -0.15) is 0 Å². The van der Waals surface area contributed by atoms with Crippen LogP contribution in [0.25, 0.3) is 0 Å². The Kier molecular flexibility index (Phi) is 6.03. The van der Waals surface area contributed by atoms with Crippen molar-refractivity contribution in [3.63, 3.8) is 0 Å². The number of hydrogen-bond donors (Lipinski definition) is 2. The third-order valence-electron chi connectivity index (χ3n) is 2.15. The van der Waals surface area contributed by atoms with E-state index in [2.05, 4.69) is 20.4 Å². The van der Waals surface area contributed by atoms with E-state index in [0.717, 1.165) is 6.54 Å². The van der Waals surface area contributed by atoms with Gasteiger partial charge in [-0.3, -0.25) is 4.79 Å². The molecule has 1 rings (SSSR count). The van der Waals surface area contributed by atoms with Crippen molar-refractivity contribution in [1.82, 2.24) is 15.1 Å². The van der Waals surface area contributed by atoms with Crippen molar-refractivity contribution in [1.29, 1.82) is 0 Å². The minimum Gasteiger partial charge on any atom is -0.378 e. The summed E-state index contributed by atoms with van der Waals surface area (Å²) < 4.78 is 5.40. The summed E-state index contributed by atoms with van der Waals surface area (Å²) in [6.45, 7) is 2.82. The Labute approximate surface area is 106 Å². The molecule has 0 aromatic carbocycles. The molecule has 0 bridgehead atoms. The molecular weight excluding hydrogens is 234 g/mol. The second kappa shape index (κ2) is 7.57. The molecule has 1 aromatic rings. The van der Waals surface area contributed by atoms with Crippen LogP contribution in [0.1, 0.15) is 10.5 Å². The predicted molar refractivity (Wildman–Crippen MR) is 68.4 cm³/mol. The molecule has 0 aliphatic heterocycles. The van der Waals surface area contributed by atoms with Crippen LogP contribution in [-0.2, 0) is 4.74 Å². The Bertz CT molecular complexity index is 366. The van der Waals surface area contributed by atoms with Crippen LogP contribution in [0.5, 0.6) is 0 Å². The number of aromatic nitrogens is 2. The number of nitrogens with zero attached hydrogens (tertiary/aromatic N) is 3. The van der Waals surface area contributed by atoms with Gasteiger partial charge in [0.15, 0.2) is 5.69 Å². The van der Waals surface area contributed by atoms with Gasteiger partial charge < -0.3 is 20.7 Å². The Hall–Kier alpha value is -1.73. The van der Waals surface area contributed by atoms with E-state index in [1.54, 1.807) is 6.07 Å². The van der Waals surface area contributed by atoms with Crippen molar-refractivity contribution >= 4 is 11.7 Å². The molecule has 1 heterocycles. The monoisotopic (exact) mass is 253 g/mol. The van der Waals surface area contributed by atoms with Gasteiger partial charge in [-0.15, -0.1) is 10.2 Å². The molecule has 0 aliphatic rings. The second-order valence-electron chi connectivity index (χ2n) is 4.01. The van der Waals surface area contributed by atoms with Gasteiger partial charge in [0.2, 0.25) is 0 Å². The summed E-state index contributed by atoms with van der Waals surface area (Å²) in [5.41, 5.74) is 5.21. The third-order valence-corrected chi connectivity index (χ3v) is 2.15. The topological polar surface area (TPSA) is 93.4 Å². The minimum absolute atomic E-state index is 0.155. The van der Waals surface area contributed by atoms with Gasteiger partial charge in [0, 0.05) is 13.1 Å². The number of ether oxygens (including phenoxy) is 1. The predicted octanol–water partition coefficient (Wildman–Crippen LogP) is -0.434. The highest BCUT2D eigenvalue weighted by Crippen LogP contribution is 2.00. The van der Waals surface area contributed by atoms with Crippen LogP contribution in [0.4, 0.5) is 5.82 Å². The van der Waals surface area contributed by atoms with Crippen molar-refractivity contribution in [2.45, 2.75) is 0 Å². The molecule has 0 aliphatic carbocycles. The quantitative estimate of drug-likeness (QED) is 0.610. The minimum atomic E-state index is -0.582. The first-order chi connectivity index (χ1) is 8.59. The maximum atomic E-state index is 10.8. The van der Waals surface area contributed by atoms with Gasteiger partial charge in [-0.1, -0.05) is 0 Å². The summed E-state index contributed by atoms with van der Waals surface area (Å²) in [5.74, 6) is 0.0114. The van der Waals surface area contributed by atoms with E-state index in [1.165, 1.54) is 6.07 Å². The maximum absolute atomic E-state index is 10.8. The van der Waals surface area contributed by atoms with Gasteiger partial charge in [-0.25, -0.2) is 0 Å². The number of carbonyl (C=O) groups excluding carboxylic acids is 1. The van der Waals surface area contributed by atoms with E-state index >= 15 is 0 Å². The van der Waals surface area contributed by atoms with Crippen LogP contribution in [0.15, 0.2) is 12.1 Å². The first-order valence-corrected chi connectivity index (χ1v) is 5.69. The molecule has 0 fully saturated rings. The average Bonchev–Trinajstić information content (AvgIpc) is 2.34. The molecule has 100 valence electrons. The molecule has 0 spiro atoms. The largest absolute Gasteiger partial charge is 0.378 e. The van der Waals surface area contributed by atoms with Crippen LogP contribution in [0.2, 0.25) is 0 Å². The Morgan fingerprint density at radius 2 is 2.17 bits per heavy atom. The van der Waals surface area contributed by atoms with E-state index in [4.69, 9.17) is 10.5 Å². The van der Waals surface area contributed by atoms with Gasteiger partial charge in [0.25, 0.3) is 5.91 Å². The number of nitrogens with one attached hydrogen (secondary N) is 1. The SMILES string of the molecule is CN(C)CCOCCNc1ccc(C(N)=O)nn1. The van der Waals surface area contributed by atoms with Crippen LogP contribution < -0.4 is 11.1 Å². The summed E-state index contributed by atoms with van der Waals surface area (Å²) in [7, 11) is 4.00. The number of carbonyl (C=O) groups is 1. The number of amides is 1. The number of anilines is 1. The summed E-state index contributed by atoms with van der Waals surface area (Å²) in [5, 5.41) is 10.5. The van der Waals surface area contributed by atoms with Crippen LogP contribution in [0.3, 0.4) is 0 Å². The standard InChI is InChI=1S/C11H19N5O2/c1-16(2)6-8-18-7-5-13-10-4-3-9(11(12)17)14-15-10/h3-4H,5-8H2,1-2H3,(H2,12,17)(H,13,15). The lowest BCUT2D eigenvalue weighted by Gasteiger charge is -2.10. The highest BCUT2D eigenvalue weighted by Gasteiger charge is 2.02. The van der Waals surface area contributed by atoms with Crippen molar-refractivity contribution in [2.24, 2.45) is 5.73 Å². The van der Waals surface area contributed by atoms with Gasteiger partial charge in [0.05, 0.1) is 13.2 Å². The van der Waals surface area contributed by atoms with Gasteiger partial charge in [0.1, 0.15) is 5.82 Å². The number of rotatable bonds is 8. The van der Waals surface area contributed by atoms with Crippen LogP contribution >= 0.6 is 0 Å². The molecule has 7 heteroatoms. The lowest BCUT2D eigenvalue weighted by Crippen LogP contribution is -2.20. The fourth-order valence-electron chi connectivity index (χ4n) is 1.16. The van der Waals surface area contributed by atoms with Crippen LogP contribution in [-0.4, -0.2) is 61.4 Å². The molecule has 18 heavy (non-hydrogen) atoms. The molecule has 0 saturated heterocycles. The van der Waals surface area contributed by atoms with Crippen molar-refractivity contribution in [3.05, 3.63) is 17.8 Å². The Morgan fingerprint density at radius 1 is 1.39 bits per heavy atom. The first kappa shape index (κ1) is 14.3. The van der Waals surface area contributed by atoms with Crippen LogP contribution in [0, 0.1) is 0 Å². The zero-order chi connectivity index (χ0) is 13.4. The fourth-order valence-corrected chi connectivity index (χ4v) is 1.16. The van der Waals surface area contributed by atoms with Crippen molar-refractivity contribution in [3.8, 4) is 0 Å². The molecule has 0 atom stereocenters. The molecule has 0 radical (unpaired) electrons. The molecule has 1 aromatic heterocycles. The Morgan fingerprint density at radius 3 is 2.72 bits per heavy atom. The molecular formula is C11H19N5O2. The lowest BCUT2D eigenvalue weighted by atomic mass is 10.4. The van der Waals surface area contributed by atoms with E-state index in [9.17, 15) is 4.79 Å². The van der Waals surface area contributed by atoms with E-state index in [1.807, 2.05) is 14.1 Å². The summed E-state index contributed by atoms with van der Waals surface area (Å²) in [4.78, 5) is 12.8. The average molecular weight is 253 g/mol. The highest BCUT2D eigenvalue weighted by molar-refractivity contribution is 5.90. The van der Waals surface area contributed by atoms with Gasteiger partial charge >= 0.3 is 0 Å². The molecule has 0 unspecified atom stereocenters. The molecule has 0 saturated carbocycles. The van der Waals surface area contributed by atoms with Gasteiger partial charge in [-0.05, 0) is 26.2 Å². The van der Waals surface area contributed by atoms with E-state index < -0.39 is 5.91 Å². The number of nitrogens with two attached hydrogens (primary N) is 1. The summed E-state index contributed by atoms with van der Waals surface area (Å²) >= 11 is 0. The smallest absolute Gasteiger partial charge is 0.269 e. The number of hydrogen-bond acceptors (Lipinski definition) is 6. The Balaban J connectivity index is 2.17. The molecule has 1 amide bonds. The maximum Gasteiger partial charge on any atom is 0.269 e. The normalized spacial score (nSPS) is 10.6. The highest BCUT2D eigenvalue weighted by atomic mass is 16.5. The summed E-state index contributed by atoms with van der Waals surface area (Å²) in [6.07, 6.45) is 0. The van der Waals surface area contributed by atoms with Crippen molar-refractivity contribution < 1.29 is 9.53 Å². The van der Waals surface area contributed by atoms with Crippen molar-refractivity contribution in [2.75, 3.05) is 45.7 Å². The molecule has 7 nitrogen and oxygen atoms in total. The lowest BCUT2D eigenvalue weighted by molar-refractivity contribution is 0.0994. The van der Waals surface area contributed by atoms with E-state index in [0.29, 0.717) is 25.6 Å². The number of likely N-dealkylation sites (N-methyl/N-ethyl adjacent to an activating group) is 1.